The highest BCUT2D eigenvalue weighted by molar-refractivity contribution is 5.02. The zero-order valence-corrected chi connectivity index (χ0v) is 11.2. The first-order chi connectivity index (χ1) is 9.52. The molecular formula is C13H17N3O4. The monoisotopic (exact) mass is 279 g/mol. The van der Waals surface area contributed by atoms with E-state index in [1.54, 1.807) is 6.92 Å². The molecule has 2 N–H and O–H groups in total. The topological polar surface area (TPSA) is 108 Å². The van der Waals surface area contributed by atoms with Crippen LogP contribution in [0.4, 0.5) is 0 Å². The van der Waals surface area contributed by atoms with Crippen LogP contribution in [-0.4, -0.2) is 26.9 Å². The number of nitriles is 1. The Morgan fingerprint density at radius 3 is 3.05 bits per heavy atom. The van der Waals surface area contributed by atoms with Gasteiger partial charge in [-0.25, -0.2) is 4.79 Å². The van der Waals surface area contributed by atoms with Gasteiger partial charge in [0.15, 0.2) is 0 Å². The van der Waals surface area contributed by atoms with Crippen LogP contribution in [0.5, 0.6) is 0 Å². The Morgan fingerprint density at radius 1 is 1.60 bits per heavy atom. The number of rotatable bonds is 4. The SMILES string of the molecule is Cc1cn([C@H]2C[C@H](O)[C@@H](CCCC#N)O2)c(=O)[nH]c1=O. The number of aromatic amines is 1. The van der Waals surface area contributed by atoms with Crippen molar-refractivity contribution < 1.29 is 9.84 Å². The van der Waals surface area contributed by atoms with Crippen molar-refractivity contribution in [1.29, 1.82) is 5.26 Å². The zero-order valence-electron chi connectivity index (χ0n) is 11.2. The molecule has 0 aliphatic carbocycles. The Morgan fingerprint density at radius 2 is 2.35 bits per heavy atom. The first kappa shape index (κ1) is 14.5. The maximum atomic E-state index is 11.8. The molecular weight excluding hydrogens is 262 g/mol. The zero-order chi connectivity index (χ0) is 14.7. The number of hydrogen-bond donors (Lipinski definition) is 2. The number of ether oxygens (including phenoxy) is 1. The molecule has 0 saturated carbocycles. The molecule has 0 unspecified atom stereocenters. The van der Waals surface area contributed by atoms with E-state index in [1.807, 2.05) is 6.07 Å². The van der Waals surface area contributed by atoms with Crippen molar-refractivity contribution in [2.45, 2.75) is 51.0 Å². The summed E-state index contributed by atoms with van der Waals surface area (Å²) in [5, 5.41) is 18.4. The van der Waals surface area contributed by atoms with Gasteiger partial charge in [0.1, 0.15) is 6.23 Å². The van der Waals surface area contributed by atoms with Crippen LogP contribution in [0.15, 0.2) is 15.8 Å². The number of aryl methyl sites for hydroxylation is 1. The minimum Gasteiger partial charge on any atom is -0.390 e. The lowest BCUT2D eigenvalue weighted by Crippen LogP contribution is -2.33. The summed E-state index contributed by atoms with van der Waals surface area (Å²) in [5.41, 5.74) is -0.554. The minimum absolute atomic E-state index is 0.294. The van der Waals surface area contributed by atoms with Gasteiger partial charge in [-0.05, 0) is 19.8 Å². The highest BCUT2D eigenvalue weighted by Gasteiger charge is 2.34. The fourth-order valence-corrected chi connectivity index (χ4v) is 2.33. The van der Waals surface area contributed by atoms with Gasteiger partial charge in [-0.1, -0.05) is 0 Å². The van der Waals surface area contributed by atoms with Crippen molar-refractivity contribution >= 4 is 0 Å². The Hall–Kier alpha value is -1.91. The van der Waals surface area contributed by atoms with Crippen LogP contribution in [0.25, 0.3) is 0 Å². The number of aromatic nitrogens is 2. The summed E-state index contributed by atoms with van der Waals surface area (Å²) in [4.78, 5) is 25.3. The summed E-state index contributed by atoms with van der Waals surface area (Å²) in [5.74, 6) is 0. The third-order valence-electron chi connectivity index (χ3n) is 3.44. The molecule has 20 heavy (non-hydrogen) atoms. The molecule has 0 aromatic carbocycles. The van der Waals surface area contributed by atoms with E-state index in [0.717, 1.165) is 0 Å². The predicted octanol–water partition coefficient (Wildman–Crippen LogP) is 0.187. The molecule has 0 radical (unpaired) electrons. The van der Waals surface area contributed by atoms with Gasteiger partial charge >= 0.3 is 5.69 Å². The summed E-state index contributed by atoms with van der Waals surface area (Å²) < 4.78 is 6.96. The second-order valence-corrected chi connectivity index (χ2v) is 4.96. The van der Waals surface area contributed by atoms with Gasteiger partial charge in [0, 0.05) is 24.6 Å². The summed E-state index contributed by atoms with van der Waals surface area (Å²) in [6, 6.07) is 2.04. The van der Waals surface area contributed by atoms with Gasteiger partial charge in [-0.15, -0.1) is 0 Å². The van der Waals surface area contributed by atoms with Crippen LogP contribution in [-0.2, 0) is 4.74 Å². The number of aliphatic hydroxyl groups is 1. The average molecular weight is 279 g/mol. The molecule has 0 spiro atoms. The molecule has 3 atom stereocenters. The van der Waals surface area contributed by atoms with Gasteiger partial charge in [-0.3, -0.25) is 14.3 Å². The van der Waals surface area contributed by atoms with Crippen LogP contribution >= 0.6 is 0 Å². The first-order valence-electron chi connectivity index (χ1n) is 6.55. The van der Waals surface area contributed by atoms with Crippen LogP contribution < -0.4 is 11.2 Å². The maximum Gasteiger partial charge on any atom is 0.330 e. The molecule has 1 aliphatic rings. The molecule has 2 rings (SSSR count). The Labute approximate surface area is 115 Å². The van der Waals surface area contributed by atoms with E-state index in [0.29, 0.717) is 31.2 Å². The third kappa shape index (κ3) is 2.98. The maximum absolute atomic E-state index is 11.8. The number of unbranched alkanes of at least 4 members (excludes halogenated alkanes) is 1. The summed E-state index contributed by atoms with van der Waals surface area (Å²) in [6.45, 7) is 1.60. The molecule has 1 saturated heterocycles. The highest BCUT2D eigenvalue weighted by atomic mass is 16.5. The smallest absolute Gasteiger partial charge is 0.330 e. The molecule has 2 heterocycles. The molecule has 7 nitrogen and oxygen atoms in total. The van der Waals surface area contributed by atoms with Crippen LogP contribution in [0.3, 0.4) is 0 Å². The van der Waals surface area contributed by atoms with E-state index in [2.05, 4.69) is 4.98 Å². The lowest BCUT2D eigenvalue weighted by Gasteiger charge is -2.15. The Kier molecular flexibility index (Phi) is 4.37. The van der Waals surface area contributed by atoms with E-state index in [4.69, 9.17) is 10.00 Å². The normalized spacial score (nSPS) is 25.6. The fraction of sp³-hybridized carbons (Fsp3) is 0.615. The van der Waals surface area contributed by atoms with Crippen LogP contribution in [0, 0.1) is 18.3 Å². The lowest BCUT2D eigenvalue weighted by molar-refractivity contribution is -0.0249. The van der Waals surface area contributed by atoms with E-state index < -0.39 is 23.6 Å². The standard InChI is InChI=1S/C13H17N3O4/c1-8-7-16(13(19)15-12(8)18)11-6-9(17)10(20-11)4-2-3-5-14/h7,9-11,17H,2-4,6H2,1H3,(H,15,18,19)/t9-,10+,11+/m0/s1. The third-order valence-corrected chi connectivity index (χ3v) is 3.44. The van der Waals surface area contributed by atoms with Crippen molar-refractivity contribution in [2.75, 3.05) is 0 Å². The second kappa shape index (κ2) is 6.03. The molecule has 108 valence electrons. The van der Waals surface area contributed by atoms with Gasteiger partial charge in [0.2, 0.25) is 0 Å². The number of hydrogen-bond acceptors (Lipinski definition) is 5. The minimum atomic E-state index is -0.669. The van der Waals surface area contributed by atoms with Gasteiger partial charge in [-0.2, -0.15) is 5.26 Å². The van der Waals surface area contributed by atoms with E-state index in [1.165, 1.54) is 10.8 Å². The highest BCUT2D eigenvalue weighted by Crippen LogP contribution is 2.30. The summed E-state index contributed by atoms with van der Waals surface area (Å²) >= 11 is 0. The molecule has 7 heteroatoms. The first-order valence-corrected chi connectivity index (χ1v) is 6.55. The molecule has 0 bridgehead atoms. The number of nitrogens with zero attached hydrogens (tertiary/aromatic N) is 2. The van der Waals surface area contributed by atoms with E-state index >= 15 is 0 Å². The molecule has 1 aromatic heterocycles. The summed E-state index contributed by atoms with van der Waals surface area (Å²) in [6.07, 6.45) is 1.73. The average Bonchev–Trinajstić information content (AvgIpc) is 2.76. The van der Waals surface area contributed by atoms with Crippen LogP contribution in [0.1, 0.15) is 37.5 Å². The van der Waals surface area contributed by atoms with Gasteiger partial charge in [0.25, 0.3) is 5.56 Å². The summed E-state index contributed by atoms with van der Waals surface area (Å²) in [7, 11) is 0. The quantitative estimate of drug-likeness (QED) is 0.765. The number of aliphatic hydroxyl groups excluding tert-OH is 1. The van der Waals surface area contributed by atoms with Gasteiger partial charge < -0.3 is 9.84 Å². The molecule has 1 fully saturated rings. The van der Waals surface area contributed by atoms with Gasteiger partial charge in [0.05, 0.1) is 18.3 Å². The van der Waals surface area contributed by atoms with Crippen LogP contribution in [0.2, 0.25) is 0 Å². The van der Waals surface area contributed by atoms with E-state index in [9.17, 15) is 14.7 Å². The second-order valence-electron chi connectivity index (χ2n) is 4.96. The van der Waals surface area contributed by atoms with Crippen molar-refractivity contribution in [3.05, 3.63) is 32.6 Å². The van der Waals surface area contributed by atoms with Crippen molar-refractivity contribution in [1.82, 2.24) is 9.55 Å². The Balaban J connectivity index is 2.12. The number of nitrogens with one attached hydrogen (secondary N) is 1. The largest absolute Gasteiger partial charge is 0.390 e. The molecule has 1 aromatic rings. The van der Waals surface area contributed by atoms with Crippen molar-refractivity contribution in [2.24, 2.45) is 0 Å². The molecule has 0 amide bonds. The number of H-pyrrole nitrogens is 1. The Bertz CT molecular complexity index is 628. The van der Waals surface area contributed by atoms with E-state index in [-0.39, 0.29) is 6.10 Å². The lowest BCUT2D eigenvalue weighted by atomic mass is 10.1. The molecule has 1 aliphatic heterocycles. The van der Waals surface area contributed by atoms with Crippen molar-refractivity contribution in [3.8, 4) is 6.07 Å². The fourth-order valence-electron chi connectivity index (χ4n) is 2.33. The van der Waals surface area contributed by atoms with Crippen molar-refractivity contribution in [3.63, 3.8) is 0 Å². The predicted molar refractivity (Wildman–Crippen MR) is 70.1 cm³/mol.